The maximum absolute atomic E-state index is 12.2. The Morgan fingerprint density at radius 2 is 1.69 bits per heavy atom. The number of halogens is 1. The number of hydrazone groups is 1. The summed E-state index contributed by atoms with van der Waals surface area (Å²) in [6.07, 6.45) is 1.51. The summed E-state index contributed by atoms with van der Waals surface area (Å²) < 4.78 is 5.23. The standard InChI is InChI=1S/C22H18ClN3O3/c1-29-20-8-3-2-5-17(20)14-24-26-22(28)15-9-11-19(12-10-15)25-21(27)16-6-4-7-18(23)13-16/h2-14H,1H3,(H,25,27)(H,26,28)/b24-14+. The fraction of sp³-hybridized carbons (Fsp3) is 0.0455. The summed E-state index contributed by atoms with van der Waals surface area (Å²) in [5.41, 5.74) is 4.62. The third kappa shape index (κ3) is 5.43. The van der Waals surface area contributed by atoms with Crippen LogP contribution in [0.1, 0.15) is 26.3 Å². The van der Waals surface area contributed by atoms with Gasteiger partial charge in [0.25, 0.3) is 11.8 Å². The van der Waals surface area contributed by atoms with Crippen LogP contribution in [0.2, 0.25) is 5.02 Å². The van der Waals surface area contributed by atoms with E-state index >= 15 is 0 Å². The number of carbonyl (C=O) groups excluding carboxylic acids is 2. The number of anilines is 1. The summed E-state index contributed by atoms with van der Waals surface area (Å²) >= 11 is 5.90. The van der Waals surface area contributed by atoms with Crippen molar-refractivity contribution in [2.24, 2.45) is 5.10 Å². The molecule has 0 unspecified atom stereocenters. The second-order valence-electron chi connectivity index (χ2n) is 5.98. The van der Waals surface area contributed by atoms with E-state index in [4.69, 9.17) is 16.3 Å². The number of benzene rings is 3. The molecule has 3 aromatic rings. The quantitative estimate of drug-likeness (QED) is 0.470. The van der Waals surface area contributed by atoms with Gasteiger partial charge in [-0.25, -0.2) is 5.43 Å². The Hall–Kier alpha value is -3.64. The Kier molecular flexibility index (Phi) is 6.60. The van der Waals surface area contributed by atoms with Crippen molar-refractivity contribution in [2.75, 3.05) is 12.4 Å². The summed E-state index contributed by atoms with van der Waals surface area (Å²) in [5, 5.41) is 7.20. The van der Waals surface area contributed by atoms with Crippen molar-refractivity contribution >= 4 is 35.3 Å². The van der Waals surface area contributed by atoms with Crippen molar-refractivity contribution < 1.29 is 14.3 Å². The summed E-state index contributed by atoms with van der Waals surface area (Å²) in [4.78, 5) is 24.5. The first-order valence-corrected chi connectivity index (χ1v) is 9.08. The van der Waals surface area contributed by atoms with Gasteiger partial charge in [-0.3, -0.25) is 9.59 Å². The van der Waals surface area contributed by atoms with Gasteiger partial charge in [-0.15, -0.1) is 0 Å². The van der Waals surface area contributed by atoms with Crippen LogP contribution >= 0.6 is 11.6 Å². The van der Waals surface area contributed by atoms with Crippen LogP contribution < -0.4 is 15.5 Å². The van der Waals surface area contributed by atoms with Crippen LogP contribution in [-0.4, -0.2) is 25.1 Å². The minimum absolute atomic E-state index is 0.286. The van der Waals surface area contributed by atoms with Crippen molar-refractivity contribution in [3.63, 3.8) is 0 Å². The lowest BCUT2D eigenvalue weighted by molar-refractivity contribution is 0.0954. The van der Waals surface area contributed by atoms with Gasteiger partial charge in [0.15, 0.2) is 0 Å². The zero-order valence-electron chi connectivity index (χ0n) is 15.6. The van der Waals surface area contributed by atoms with Gasteiger partial charge in [-0.2, -0.15) is 5.10 Å². The molecule has 3 rings (SSSR count). The molecule has 0 aliphatic rings. The molecule has 7 heteroatoms. The van der Waals surface area contributed by atoms with E-state index in [0.29, 0.717) is 27.6 Å². The van der Waals surface area contributed by atoms with Crippen LogP contribution in [0.4, 0.5) is 5.69 Å². The minimum atomic E-state index is -0.371. The van der Waals surface area contributed by atoms with Gasteiger partial charge in [-0.1, -0.05) is 29.8 Å². The predicted molar refractivity (Wildman–Crippen MR) is 114 cm³/mol. The number of carbonyl (C=O) groups is 2. The first-order chi connectivity index (χ1) is 14.1. The zero-order valence-corrected chi connectivity index (χ0v) is 16.3. The molecule has 0 aliphatic heterocycles. The maximum atomic E-state index is 12.2. The van der Waals surface area contributed by atoms with Crippen molar-refractivity contribution in [1.29, 1.82) is 0 Å². The summed E-state index contributed by atoms with van der Waals surface area (Å²) in [6.45, 7) is 0. The Labute approximate surface area is 173 Å². The van der Waals surface area contributed by atoms with Crippen LogP contribution in [0.5, 0.6) is 5.75 Å². The predicted octanol–water partition coefficient (Wildman–Crippen LogP) is 4.36. The number of nitrogens with zero attached hydrogens (tertiary/aromatic N) is 1. The molecule has 0 atom stereocenters. The van der Waals surface area contributed by atoms with E-state index in [-0.39, 0.29) is 11.8 Å². The highest BCUT2D eigenvalue weighted by Crippen LogP contribution is 2.16. The van der Waals surface area contributed by atoms with Gasteiger partial charge in [0.05, 0.1) is 13.3 Å². The van der Waals surface area contributed by atoms with E-state index in [0.717, 1.165) is 5.56 Å². The van der Waals surface area contributed by atoms with E-state index in [9.17, 15) is 9.59 Å². The smallest absolute Gasteiger partial charge is 0.271 e. The molecule has 2 amide bonds. The SMILES string of the molecule is COc1ccccc1/C=N/NC(=O)c1ccc(NC(=O)c2cccc(Cl)c2)cc1. The van der Waals surface area contributed by atoms with Crippen LogP contribution in [0.3, 0.4) is 0 Å². The average Bonchev–Trinajstić information content (AvgIpc) is 2.74. The molecule has 0 saturated carbocycles. The number of hydrogen-bond donors (Lipinski definition) is 2. The van der Waals surface area contributed by atoms with Crippen molar-refractivity contribution in [2.45, 2.75) is 0 Å². The Bertz CT molecular complexity index is 1050. The number of hydrogen-bond acceptors (Lipinski definition) is 4. The Morgan fingerprint density at radius 1 is 0.931 bits per heavy atom. The first-order valence-electron chi connectivity index (χ1n) is 8.70. The molecule has 0 aromatic heterocycles. The second kappa shape index (κ2) is 9.52. The van der Waals surface area contributed by atoms with Gasteiger partial charge in [0, 0.05) is 27.4 Å². The van der Waals surface area contributed by atoms with Crippen LogP contribution in [-0.2, 0) is 0 Å². The third-order valence-electron chi connectivity index (χ3n) is 4.00. The number of rotatable bonds is 6. The largest absolute Gasteiger partial charge is 0.496 e. The molecule has 0 radical (unpaired) electrons. The molecular weight excluding hydrogens is 390 g/mol. The molecule has 2 N–H and O–H groups in total. The third-order valence-corrected chi connectivity index (χ3v) is 4.24. The van der Waals surface area contributed by atoms with Gasteiger partial charge in [0.1, 0.15) is 5.75 Å². The number of methoxy groups -OCH3 is 1. The van der Waals surface area contributed by atoms with Gasteiger partial charge < -0.3 is 10.1 Å². The second-order valence-corrected chi connectivity index (χ2v) is 6.42. The zero-order chi connectivity index (χ0) is 20.6. The monoisotopic (exact) mass is 407 g/mol. The molecule has 3 aromatic carbocycles. The first kappa shape index (κ1) is 20.1. The fourth-order valence-electron chi connectivity index (χ4n) is 2.54. The molecule has 0 bridgehead atoms. The molecule has 0 saturated heterocycles. The lowest BCUT2D eigenvalue weighted by Gasteiger charge is -2.07. The molecule has 6 nitrogen and oxygen atoms in total. The van der Waals surface area contributed by atoms with E-state index in [1.54, 1.807) is 61.7 Å². The van der Waals surface area contributed by atoms with Crippen molar-refractivity contribution in [1.82, 2.24) is 5.43 Å². The highest BCUT2D eigenvalue weighted by atomic mass is 35.5. The van der Waals surface area contributed by atoms with E-state index < -0.39 is 0 Å². The normalized spacial score (nSPS) is 10.6. The van der Waals surface area contributed by atoms with Crippen LogP contribution in [0, 0.1) is 0 Å². The molecule has 0 spiro atoms. The van der Waals surface area contributed by atoms with Gasteiger partial charge in [0.2, 0.25) is 0 Å². The average molecular weight is 408 g/mol. The van der Waals surface area contributed by atoms with Crippen molar-refractivity contribution in [3.05, 3.63) is 94.5 Å². The molecular formula is C22H18ClN3O3. The summed E-state index contributed by atoms with van der Waals surface area (Å²) in [5.74, 6) is 0.000252. The molecule has 146 valence electrons. The maximum Gasteiger partial charge on any atom is 0.271 e. The van der Waals surface area contributed by atoms with Gasteiger partial charge >= 0.3 is 0 Å². The van der Waals surface area contributed by atoms with Crippen LogP contribution in [0.25, 0.3) is 0 Å². The number of amides is 2. The van der Waals surface area contributed by atoms with Crippen molar-refractivity contribution in [3.8, 4) is 5.75 Å². The van der Waals surface area contributed by atoms with Gasteiger partial charge in [-0.05, 0) is 54.6 Å². The highest BCUT2D eigenvalue weighted by molar-refractivity contribution is 6.31. The molecule has 0 heterocycles. The van der Waals surface area contributed by atoms with E-state index in [1.165, 1.54) is 6.21 Å². The lowest BCUT2D eigenvalue weighted by atomic mass is 10.1. The lowest BCUT2D eigenvalue weighted by Crippen LogP contribution is -2.18. The van der Waals surface area contributed by atoms with Crippen LogP contribution in [0.15, 0.2) is 77.9 Å². The molecule has 29 heavy (non-hydrogen) atoms. The summed E-state index contributed by atoms with van der Waals surface area (Å²) in [7, 11) is 1.57. The summed E-state index contributed by atoms with van der Waals surface area (Å²) in [6, 6.07) is 20.5. The number of nitrogens with one attached hydrogen (secondary N) is 2. The Balaban J connectivity index is 1.60. The molecule has 0 fully saturated rings. The number of ether oxygens (including phenoxy) is 1. The van der Waals surface area contributed by atoms with E-state index in [2.05, 4.69) is 15.8 Å². The highest BCUT2D eigenvalue weighted by Gasteiger charge is 2.08. The molecule has 0 aliphatic carbocycles. The Morgan fingerprint density at radius 3 is 2.41 bits per heavy atom. The topological polar surface area (TPSA) is 79.8 Å². The number of para-hydroxylation sites is 1. The fourth-order valence-corrected chi connectivity index (χ4v) is 2.73. The van der Waals surface area contributed by atoms with E-state index in [1.807, 2.05) is 18.2 Å². The minimum Gasteiger partial charge on any atom is -0.496 e.